The maximum absolute atomic E-state index is 13.4. The fourth-order valence-electron chi connectivity index (χ4n) is 3.83. The second-order valence-corrected chi connectivity index (χ2v) is 8.78. The number of pyridine rings is 1. The van der Waals surface area contributed by atoms with Crippen LogP contribution in [0.25, 0.3) is 22.3 Å². The molecule has 0 spiro atoms. The third-order valence-corrected chi connectivity index (χ3v) is 6.58. The van der Waals surface area contributed by atoms with E-state index in [0.717, 1.165) is 33.9 Å². The number of benzene rings is 2. The molecule has 152 valence electrons. The van der Waals surface area contributed by atoms with Crippen LogP contribution >= 0.6 is 11.8 Å². The minimum Gasteiger partial charge on any atom is -0.356 e. The summed E-state index contributed by atoms with van der Waals surface area (Å²) in [6, 6.07) is 18.3. The number of nitrogens with zero attached hydrogens (tertiary/aromatic N) is 1. The maximum atomic E-state index is 13.4. The van der Waals surface area contributed by atoms with Gasteiger partial charge in [-0.05, 0) is 29.7 Å². The highest BCUT2D eigenvalue weighted by Crippen LogP contribution is 2.32. The molecule has 0 radical (unpaired) electrons. The Hall–Kier alpha value is -2.26. The molecule has 1 heterocycles. The lowest BCUT2D eigenvalue weighted by molar-refractivity contribution is 0.454. The lowest BCUT2D eigenvalue weighted by Crippen LogP contribution is -2.12. The van der Waals surface area contributed by atoms with Crippen molar-refractivity contribution in [3.63, 3.8) is 0 Å². The molecular weight excluding hydrogens is 374 g/mol. The van der Waals surface area contributed by atoms with Gasteiger partial charge in [-0.3, -0.25) is 4.79 Å². The molecule has 2 nitrogen and oxygen atoms in total. The van der Waals surface area contributed by atoms with E-state index in [4.69, 9.17) is 0 Å². The van der Waals surface area contributed by atoms with E-state index in [2.05, 4.69) is 32.0 Å². The zero-order valence-electron chi connectivity index (χ0n) is 17.7. The predicted octanol–water partition coefficient (Wildman–Crippen LogP) is 7.03. The van der Waals surface area contributed by atoms with Crippen LogP contribution < -0.4 is 5.43 Å². The average molecular weight is 406 g/mol. The molecule has 0 N–H and O–H groups in total. The van der Waals surface area contributed by atoms with E-state index < -0.39 is 0 Å². The predicted molar refractivity (Wildman–Crippen MR) is 127 cm³/mol. The van der Waals surface area contributed by atoms with Crippen LogP contribution in [0.1, 0.15) is 39.5 Å². The smallest absolute Gasteiger partial charge is 0.197 e. The monoisotopic (exact) mass is 405 g/mol. The summed E-state index contributed by atoms with van der Waals surface area (Å²) in [6.45, 7) is 4.55. The number of thioether (sulfide) groups is 1. The van der Waals surface area contributed by atoms with E-state index in [0.29, 0.717) is 0 Å². The van der Waals surface area contributed by atoms with Gasteiger partial charge in [-0.25, -0.2) is 0 Å². The van der Waals surface area contributed by atoms with Gasteiger partial charge in [0.25, 0.3) is 0 Å². The molecule has 0 aliphatic rings. The molecular formula is C26H31NOS. The molecule has 0 aliphatic heterocycles. The molecule has 0 saturated carbocycles. The summed E-state index contributed by atoms with van der Waals surface area (Å²) in [5, 5.41) is 0. The van der Waals surface area contributed by atoms with E-state index in [1.807, 2.05) is 72.2 Å². The molecule has 29 heavy (non-hydrogen) atoms. The van der Waals surface area contributed by atoms with Crippen LogP contribution in [0.3, 0.4) is 0 Å². The summed E-state index contributed by atoms with van der Waals surface area (Å²) in [4.78, 5) is 14.6. The Kier molecular flexibility index (Phi) is 7.76. The van der Waals surface area contributed by atoms with Crippen LogP contribution in [0.5, 0.6) is 0 Å². The highest BCUT2D eigenvalue weighted by Gasteiger charge is 2.14. The first-order valence-corrected chi connectivity index (χ1v) is 11.6. The topological polar surface area (TPSA) is 22.0 Å². The van der Waals surface area contributed by atoms with Gasteiger partial charge >= 0.3 is 0 Å². The van der Waals surface area contributed by atoms with Crippen molar-refractivity contribution >= 4 is 11.8 Å². The van der Waals surface area contributed by atoms with E-state index in [1.165, 1.54) is 30.6 Å². The number of aromatic nitrogens is 1. The molecule has 0 aliphatic carbocycles. The fourth-order valence-corrected chi connectivity index (χ4v) is 5.01. The van der Waals surface area contributed by atoms with Gasteiger partial charge in [0.2, 0.25) is 0 Å². The van der Waals surface area contributed by atoms with Crippen LogP contribution in [0.4, 0.5) is 0 Å². The molecule has 1 aromatic heterocycles. The van der Waals surface area contributed by atoms with E-state index in [9.17, 15) is 4.79 Å². The average Bonchev–Trinajstić information content (AvgIpc) is 2.75. The third-order valence-electron chi connectivity index (χ3n) is 5.47. The first kappa shape index (κ1) is 21.4. The van der Waals surface area contributed by atoms with Gasteiger partial charge in [0, 0.05) is 41.0 Å². The van der Waals surface area contributed by atoms with Gasteiger partial charge in [0.1, 0.15) is 0 Å². The first-order valence-electron chi connectivity index (χ1n) is 10.6. The Morgan fingerprint density at radius 2 is 1.55 bits per heavy atom. The Labute approximate surface area is 179 Å². The van der Waals surface area contributed by atoms with Gasteiger partial charge in [-0.15, -0.1) is 11.8 Å². The van der Waals surface area contributed by atoms with Gasteiger partial charge in [0.05, 0.1) is 0 Å². The fraction of sp³-hybridized carbons (Fsp3) is 0.346. The SMILES string of the molecule is CCCC(CC)CCSc1ccccc1-c1cn(C)cc(-c2ccccc2)c1=O. The molecule has 0 amide bonds. The van der Waals surface area contributed by atoms with Crippen molar-refractivity contribution in [1.29, 1.82) is 0 Å². The summed E-state index contributed by atoms with van der Waals surface area (Å²) < 4.78 is 1.99. The molecule has 1 unspecified atom stereocenters. The van der Waals surface area contributed by atoms with Crippen molar-refractivity contribution < 1.29 is 0 Å². The minimum atomic E-state index is 0.0970. The van der Waals surface area contributed by atoms with E-state index in [-0.39, 0.29) is 5.43 Å². The van der Waals surface area contributed by atoms with E-state index in [1.54, 1.807) is 0 Å². The third kappa shape index (κ3) is 5.42. The largest absolute Gasteiger partial charge is 0.356 e. The Balaban J connectivity index is 1.92. The van der Waals surface area contributed by atoms with Crippen molar-refractivity contribution in [3.05, 3.63) is 77.2 Å². The van der Waals surface area contributed by atoms with Crippen LogP contribution in [-0.4, -0.2) is 10.3 Å². The molecule has 3 aromatic rings. The van der Waals surface area contributed by atoms with Crippen molar-refractivity contribution in [3.8, 4) is 22.3 Å². The van der Waals surface area contributed by atoms with Crippen LogP contribution in [0.2, 0.25) is 0 Å². The quantitative estimate of drug-likeness (QED) is 0.357. The van der Waals surface area contributed by atoms with Gasteiger partial charge in [-0.1, -0.05) is 81.6 Å². The van der Waals surface area contributed by atoms with Crippen molar-refractivity contribution in [2.45, 2.75) is 44.4 Å². The number of rotatable bonds is 9. The van der Waals surface area contributed by atoms with Crippen molar-refractivity contribution in [1.82, 2.24) is 4.57 Å². The number of hydrogen-bond donors (Lipinski definition) is 0. The number of hydrogen-bond acceptors (Lipinski definition) is 2. The summed E-state index contributed by atoms with van der Waals surface area (Å²) in [5.74, 6) is 1.89. The lowest BCUT2D eigenvalue weighted by atomic mass is 9.98. The lowest BCUT2D eigenvalue weighted by Gasteiger charge is -2.15. The molecule has 3 heteroatoms. The summed E-state index contributed by atoms with van der Waals surface area (Å²) in [5.41, 5.74) is 3.63. The minimum absolute atomic E-state index is 0.0970. The Morgan fingerprint density at radius 1 is 0.862 bits per heavy atom. The van der Waals surface area contributed by atoms with Gasteiger partial charge < -0.3 is 4.57 Å². The summed E-state index contributed by atoms with van der Waals surface area (Å²) >= 11 is 1.88. The summed E-state index contributed by atoms with van der Waals surface area (Å²) in [7, 11) is 1.99. The molecule has 0 saturated heterocycles. The summed E-state index contributed by atoms with van der Waals surface area (Å²) in [6.07, 6.45) is 8.91. The normalized spacial score (nSPS) is 12.1. The zero-order chi connectivity index (χ0) is 20.6. The Bertz CT molecular complexity index is 977. The second kappa shape index (κ2) is 10.5. The highest BCUT2D eigenvalue weighted by atomic mass is 32.2. The van der Waals surface area contributed by atoms with Gasteiger partial charge in [0.15, 0.2) is 5.43 Å². The standard InChI is InChI=1S/C26H31NOS/c1-4-11-20(5-2)16-17-29-25-15-10-9-14-22(25)24-19-27(3)18-23(26(24)28)21-12-7-6-8-13-21/h6-10,12-15,18-20H,4-5,11,16-17H2,1-3H3. The molecule has 1 atom stereocenters. The molecule has 2 aromatic carbocycles. The molecule has 0 fully saturated rings. The van der Waals surface area contributed by atoms with Crippen LogP contribution in [-0.2, 0) is 7.05 Å². The molecule has 3 rings (SSSR count). The number of aryl methyl sites for hydroxylation is 1. The Morgan fingerprint density at radius 3 is 2.28 bits per heavy atom. The highest BCUT2D eigenvalue weighted by molar-refractivity contribution is 7.99. The van der Waals surface area contributed by atoms with Crippen LogP contribution in [0.15, 0.2) is 76.7 Å². The molecule has 0 bridgehead atoms. The second-order valence-electron chi connectivity index (χ2n) is 7.64. The van der Waals surface area contributed by atoms with Crippen molar-refractivity contribution in [2.75, 3.05) is 5.75 Å². The maximum Gasteiger partial charge on any atom is 0.197 e. The zero-order valence-corrected chi connectivity index (χ0v) is 18.5. The first-order chi connectivity index (χ1) is 14.1. The van der Waals surface area contributed by atoms with Crippen molar-refractivity contribution in [2.24, 2.45) is 13.0 Å². The van der Waals surface area contributed by atoms with E-state index >= 15 is 0 Å². The van der Waals surface area contributed by atoms with Crippen LogP contribution in [0, 0.1) is 5.92 Å². The van der Waals surface area contributed by atoms with Gasteiger partial charge in [-0.2, -0.15) is 0 Å².